The number of aliphatic carboxylic acids is 1. The van der Waals surface area contributed by atoms with Crippen molar-refractivity contribution in [2.24, 2.45) is 11.8 Å². The molecule has 0 aliphatic rings. The third-order valence-corrected chi connectivity index (χ3v) is 10.3. The number of carbonyl (C=O) groups excluding carboxylic acids is 3. The first-order valence-corrected chi connectivity index (χ1v) is 18.7. The highest BCUT2D eigenvalue weighted by atomic mass is 32.2. The minimum Gasteiger partial charge on any atom is -0.481 e. The number of carboxylic acids is 1. The minimum atomic E-state index is -1.31. The van der Waals surface area contributed by atoms with Gasteiger partial charge in [0, 0.05) is 0 Å². The number of hydrogen-bond donors (Lipinski definition) is 6. The van der Waals surface area contributed by atoms with Crippen LogP contribution in [0.25, 0.3) is 0 Å². The van der Waals surface area contributed by atoms with Gasteiger partial charge in [-0.05, 0) is 47.6 Å². The van der Waals surface area contributed by atoms with Gasteiger partial charge >= 0.3 is 5.97 Å². The smallest absolute Gasteiger partial charge is 0.306 e. The highest BCUT2D eigenvalue weighted by Gasteiger charge is 2.36. The van der Waals surface area contributed by atoms with Crippen LogP contribution in [-0.4, -0.2) is 75.1 Å². The summed E-state index contributed by atoms with van der Waals surface area (Å²) in [5, 5.41) is 37.9. The lowest BCUT2D eigenvalue weighted by atomic mass is 9.84. The highest BCUT2D eigenvalue weighted by Crippen LogP contribution is 2.48. The van der Waals surface area contributed by atoms with Crippen LogP contribution in [0.1, 0.15) is 70.6 Å². The lowest BCUT2D eigenvalue weighted by molar-refractivity contribution is -0.140. The monoisotopic (exact) mass is 731 g/mol. The van der Waals surface area contributed by atoms with Crippen LogP contribution in [-0.2, 0) is 23.9 Å². The molecule has 0 aliphatic carbocycles. The zero-order valence-corrected chi connectivity index (χ0v) is 31.4. The highest BCUT2D eigenvalue weighted by molar-refractivity contribution is 8.00. The summed E-state index contributed by atoms with van der Waals surface area (Å²) in [4.78, 5) is 50.0. The largest absolute Gasteiger partial charge is 0.481 e. The number of aliphatic hydroxyl groups is 2. The predicted octanol–water partition coefficient (Wildman–Crippen LogP) is 5.03. The molecule has 0 radical (unpaired) electrons. The zero-order chi connectivity index (χ0) is 38.3. The van der Waals surface area contributed by atoms with E-state index in [1.807, 2.05) is 60.7 Å². The maximum Gasteiger partial charge on any atom is 0.306 e. The Morgan fingerprint density at radius 1 is 0.692 bits per heavy atom. The van der Waals surface area contributed by atoms with Crippen LogP contribution in [0.4, 0.5) is 0 Å². The van der Waals surface area contributed by atoms with Crippen LogP contribution in [0.2, 0.25) is 0 Å². The molecule has 3 aromatic rings. The number of amides is 3. The molecule has 280 valence electrons. The predicted molar refractivity (Wildman–Crippen MR) is 205 cm³/mol. The maximum absolute atomic E-state index is 13.1. The summed E-state index contributed by atoms with van der Waals surface area (Å²) < 4.78 is -0.460. The molecular formula is C41H53N3O7S. The Balaban J connectivity index is 1.59. The van der Waals surface area contributed by atoms with Crippen molar-refractivity contribution >= 4 is 35.5 Å². The van der Waals surface area contributed by atoms with E-state index in [1.165, 1.54) is 6.92 Å². The van der Waals surface area contributed by atoms with Crippen molar-refractivity contribution in [2.45, 2.75) is 89.0 Å². The molecule has 11 heteroatoms. The first kappa shape index (κ1) is 42.0. The van der Waals surface area contributed by atoms with Gasteiger partial charge in [-0.1, -0.05) is 131 Å². The SMILES string of the molecule is CC(C)[C@@H](NC(=O)[C@@H](C)NC(=O)[C@H](NC(=O)C[C@H](O)/C=C/CCSC(c1ccccc1)(c1ccccc1)c1ccccc1)C(C)C)[C@@H](O)CC(=O)O. The molecule has 0 unspecified atom stereocenters. The molecule has 6 N–H and O–H groups in total. The number of benzene rings is 3. The standard InChI is InChI=1S/C41H53N3O7S/c1-27(2)37(34(46)26-36(48)49)44-39(50)29(5)42-40(51)38(28(3)4)43-35(47)25-33(45)23-15-16-24-52-41(30-17-9-6-10-18-30,31-19-11-7-12-20-31)32-21-13-8-14-22-32/h6-15,17-23,27-29,33-34,37-38,45-46H,16,24-26H2,1-5H3,(H,42,51)(H,43,47)(H,44,50)(H,48,49)/b23-15+/t29-,33-,34+,37-,38-/m1/s1. The summed E-state index contributed by atoms with van der Waals surface area (Å²) in [6, 6.07) is 28.3. The van der Waals surface area contributed by atoms with Gasteiger partial charge in [0.2, 0.25) is 17.7 Å². The Hall–Kier alpha value is -4.45. The molecule has 0 aliphatic heterocycles. The van der Waals surface area contributed by atoms with Crippen LogP contribution in [0.3, 0.4) is 0 Å². The van der Waals surface area contributed by atoms with Crippen molar-refractivity contribution < 1.29 is 34.5 Å². The van der Waals surface area contributed by atoms with Crippen molar-refractivity contribution in [3.63, 3.8) is 0 Å². The molecule has 0 spiro atoms. The van der Waals surface area contributed by atoms with Crippen LogP contribution >= 0.6 is 11.8 Å². The molecule has 5 atom stereocenters. The van der Waals surface area contributed by atoms with Gasteiger partial charge in [0.25, 0.3) is 0 Å². The quantitative estimate of drug-likeness (QED) is 0.0535. The summed E-state index contributed by atoms with van der Waals surface area (Å²) in [6.07, 6.45) is 0.922. The number of carbonyl (C=O) groups is 4. The fraction of sp³-hybridized carbons (Fsp3) is 0.415. The van der Waals surface area contributed by atoms with Crippen molar-refractivity contribution in [3.8, 4) is 0 Å². The molecule has 52 heavy (non-hydrogen) atoms. The fourth-order valence-electron chi connectivity index (χ4n) is 6.00. The molecule has 0 saturated heterocycles. The van der Waals surface area contributed by atoms with Gasteiger partial charge in [0.05, 0.1) is 35.8 Å². The third-order valence-electron chi connectivity index (χ3n) is 8.74. The van der Waals surface area contributed by atoms with Crippen molar-refractivity contribution in [2.75, 3.05) is 5.75 Å². The molecule has 0 aromatic heterocycles. The van der Waals surface area contributed by atoms with E-state index in [0.717, 1.165) is 22.4 Å². The summed E-state index contributed by atoms with van der Waals surface area (Å²) in [6.45, 7) is 8.44. The van der Waals surface area contributed by atoms with Gasteiger partial charge in [-0.25, -0.2) is 0 Å². The first-order chi connectivity index (χ1) is 24.8. The van der Waals surface area contributed by atoms with Crippen LogP contribution in [0, 0.1) is 11.8 Å². The van der Waals surface area contributed by atoms with Gasteiger partial charge in [0.15, 0.2) is 0 Å². The third kappa shape index (κ3) is 12.1. The Kier molecular flexibility index (Phi) is 16.6. The normalized spacial score (nSPS) is 14.7. The molecule has 0 heterocycles. The van der Waals surface area contributed by atoms with E-state index in [-0.39, 0.29) is 18.3 Å². The summed E-state index contributed by atoms with van der Waals surface area (Å²) in [5.74, 6) is -2.77. The maximum atomic E-state index is 13.1. The number of rotatable bonds is 20. The summed E-state index contributed by atoms with van der Waals surface area (Å²) in [5.41, 5.74) is 3.48. The van der Waals surface area contributed by atoms with E-state index in [1.54, 1.807) is 45.5 Å². The fourth-order valence-corrected chi connectivity index (χ4v) is 7.47. The van der Waals surface area contributed by atoms with Crippen LogP contribution in [0.5, 0.6) is 0 Å². The Morgan fingerprint density at radius 2 is 1.19 bits per heavy atom. The second-order valence-corrected chi connectivity index (χ2v) is 14.9. The second kappa shape index (κ2) is 20.6. The summed E-state index contributed by atoms with van der Waals surface area (Å²) >= 11 is 1.80. The Labute approximate surface area is 311 Å². The lowest BCUT2D eigenvalue weighted by Crippen LogP contribution is -2.57. The van der Waals surface area contributed by atoms with Gasteiger partial charge < -0.3 is 31.3 Å². The summed E-state index contributed by atoms with van der Waals surface area (Å²) in [7, 11) is 0. The topological polar surface area (TPSA) is 165 Å². The number of aliphatic hydroxyl groups excluding tert-OH is 2. The Bertz CT molecular complexity index is 1510. The average Bonchev–Trinajstić information content (AvgIpc) is 3.11. The van der Waals surface area contributed by atoms with E-state index in [2.05, 4.69) is 52.3 Å². The van der Waals surface area contributed by atoms with Crippen LogP contribution < -0.4 is 16.0 Å². The van der Waals surface area contributed by atoms with E-state index >= 15 is 0 Å². The van der Waals surface area contributed by atoms with E-state index < -0.39 is 65.2 Å². The van der Waals surface area contributed by atoms with Crippen molar-refractivity contribution in [1.82, 2.24) is 16.0 Å². The number of carboxylic acid groups (broad SMARTS) is 1. The van der Waals surface area contributed by atoms with Gasteiger partial charge in [0.1, 0.15) is 12.1 Å². The van der Waals surface area contributed by atoms with Crippen LogP contribution in [0.15, 0.2) is 103 Å². The zero-order valence-electron chi connectivity index (χ0n) is 30.6. The number of hydrogen-bond acceptors (Lipinski definition) is 7. The molecule has 0 saturated carbocycles. The van der Waals surface area contributed by atoms with Gasteiger partial charge in [-0.3, -0.25) is 19.2 Å². The molecule has 3 amide bonds. The second-order valence-electron chi connectivity index (χ2n) is 13.6. The lowest BCUT2D eigenvalue weighted by Gasteiger charge is -2.35. The molecule has 3 aromatic carbocycles. The molecule has 3 rings (SSSR count). The number of nitrogens with one attached hydrogen (secondary N) is 3. The van der Waals surface area contributed by atoms with Gasteiger partial charge in [-0.15, -0.1) is 11.8 Å². The molecule has 0 fully saturated rings. The van der Waals surface area contributed by atoms with Gasteiger partial charge in [-0.2, -0.15) is 0 Å². The minimum absolute atomic E-state index is 0.254. The molecule has 0 bridgehead atoms. The average molecular weight is 732 g/mol. The Morgan fingerprint density at radius 3 is 1.63 bits per heavy atom. The van der Waals surface area contributed by atoms with Crippen molar-refractivity contribution in [1.29, 1.82) is 0 Å². The van der Waals surface area contributed by atoms with Crippen molar-refractivity contribution in [3.05, 3.63) is 120 Å². The van der Waals surface area contributed by atoms with E-state index in [4.69, 9.17) is 5.11 Å². The molecular weight excluding hydrogens is 679 g/mol. The number of allylic oxidation sites excluding steroid dienone is 1. The first-order valence-electron chi connectivity index (χ1n) is 17.7. The van der Waals surface area contributed by atoms with E-state index in [9.17, 15) is 29.4 Å². The van der Waals surface area contributed by atoms with E-state index in [0.29, 0.717) is 6.42 Å². The number of thioether (sulfide) groups is 1. The molecule has 10 nitrogen and oxygen atoms in total.